The third-order valence-electron chi connectivity index (χ3n) is 5.01. The molecule has 0 spiro atoms. The van der Waals surface area contributed by atoms with E-state index in [-0.39, 0.29) is 5.91 Å². The lowest BCUT2D eigenvalue weighted by Gasteiger charge is -2.33. The molecule has 22 heavy (non-hydrogen) atoms. The molecule has 0 N–H and O–H groups in total. The van der Waals surface area contributed by atoms with E-state index in [1.54, 1.807) is 19.1 Å². The SMILES string of the molecule is Cc1nc(C(=O)N2CCCC2C2CCCN2C)ccc1C#N. The normalized spacial score (nSPS) is 25.4. The molecular formula is C17H22N4O. The molecule has 5 heteroatoms. The van der Waals surface area contributed by atoms with Crippen molar-refractivity contribution in [1.29, 1.82) is 5.26 Å². The Labute approximate surface area is 131 Å². The van der Waals surface area contributed by atoms with Crippen molar-refractivity contribution >= 4 is 5.91 Å². The summed E-state index contributed by atoms with van der Waals surface area (Å²) in [6, 6.07) is 6.26. The topological polar surface area (TPSA) is 60.2 Å². The van der Waals surface area contributed by atoms with Crippen LogP contribution in [0.2, 0.25) is 0 Å². The first-order chi connectivity index (χ1) is 10.6. The van der Waals surface area contributed by atoms with Crippen molar-refractivity contribution in [3.8, 4) is 6.07 Å². The highest BCUT2D eigenvalue weighted by Crippen LogP contribution is 2.30. The Balaban J connectivity index is 1.82. The number of likely N-dealkylation sites (tertiary alicyclic amines) is 2. The van der Waals surface area contributed by atoms with Gasteiger partial charge in [0.1, 0.15) is 11.8 Å². The minimum Gasteiger partial charge on any atom is -0.333 e. The zero-order chi connectivity index (χ0) is 15.7. The average Bonchev–Trinajstić information content (AvgIpc) is 3.14. The Kier molecular flexibility index (Phi) is 4.12. The Morgan fingerprint density at radius 2 is 2.00 bits per heavy atom. The molecule has 3 rings (SSSR count). The number of aromatic nitrogens is 1. The first-order valence-electron chi connectivity index (χ1n) is 8.01. The summed E-state index contributed by atoms with van der Waals surface area (Å²) in [4.78, 5) is 21.6. The van der Waals surface area contributed by atoms with Crippen molar-refractivity contribution < 1.29 is 4.79 Å². The molecule has 2 unspecified atom stereocenters. The number of aryl methyl sites for hydroxylation is 1. The van der Waals surface area contributed by atoms with Crippen LogP contribution >= 0.6 is 0 Å². The molecule has 0 saturated carbocycles. The van der Waals surface area contributed by atoms with Gasteiger partial charge in [-0.3, -0.25) is 4.79 Å². The molecule has 5 nitrogen and oxygen atoms in total. The fourth-order valence-corrected chi connectivity index (χ4v) is 3.81. The maximum Gasteiger partial charge on any atom is 0.272 e. The van der Waals surface area contributed by atoms with E-state index in [1.165, 1.54) is 12.8 Å². The molecule has 0 aromatic carbocycles. The van der Waals surface area contributed by atoms with Crippen molar-refractivity contribution in [2.75, 3.05) is 20.1 Å². The van der Waals surface area contributed by atoms with Crippen LogP contribution in [0, 0.1) is 18.3 Å². The number of carbonyl (C=O) groups excluding carboxylic acids is 1. The number of hydrogen-bond acceptors (Lipinski definition) is 4. The third-order valence-corrected chi connectivity index (χ3v) is 5.01. The predicted molar refractivity (Wildman–Crippen MR) is 83.4 cm³/mol. The summed E-state index contributed by atoms with van der Waals surface area (Å²) >= 11 is 0. The second kappa shape index (κ2) is 6.05. The predicted octanol–water partition coefficient (Wildman–Crippen LogP) is 1.96. The first kappa shape index (κ1) is 15.0. The smallest absolute Gasteiger partial charge is 0.272 e. The second-order valence-corrected chi connectivity index (χ2v) is 6.34. The average molecular weight is 298 g/mol. The number of hydrogen-bond donors (Lipinski definition) is 0. The van der Waals surface area contributed by atoms with Crippen LogP contribution < -0.4 is 0 Å². The monoisotopic (exact) mass is 298 g/mol. The molecule has 0 bridgehead atoms. The number of likely N-dealkylation sites (N-methyl/N-ethyl adjacent to an activating group) is 1. The molecule has 0 radical (unpaired) electrons. The zero-order valence-corrected chi connectivity index (χ0v) is 13.2. The highest BCUT2D eigenvalue weighted by atomic mass is 16.2. The molecule has 2 aliphatic rings. The minimum absolute atomic E-state index is 0.00962. The van der Waals surface area contributed by atoms with Crippen molar-refractivity contribution in [3.05, 3.63) is 29.1 Å². The van der Waals surface area contributed by atoms with Crippen LogP contribution in [0.4, 0.5) is 0 Å². The molecular weight excluding hydrogens is 276 g/mol. The van der Waals surface area contributed by atoms with E-state index in [0.29, 0.717) is 29.0 Å². The molecule has 1 aromatic heterocycles. The Morgan fingerprint density at radius 3 is 2.64 bits per heavy atom. The van der Waals surface area contributed by atoms with Gasteiger partial charge in [-0.15, -0.1) is 0 Å². The van der Waals surface area contributed by atoms with E-state index >= 15 is 0 Å². The van der Waals surface area contributed by atoms with E-state index in [0.717, 1.165) is 25.9 Å². The lowest BCUT2D eigenvalue weighted by molar-refractivity contribution is 0.0658. The summed E-state index contributed by atoms with van der Waals surface area (Å²) in [7, 11) is 2.16. The molecule has 2 saturated heterocycles. The molecule has 2 atom stereocenters. The van der Waals surface area contributed by atoms with Crippen molar-refractivity contribution in [1.82, 2.24) is 14.8 Å². The van der Waals surface area contributed by atoms with Gasteiger partial charge in [-0.1, -0.05) is 0 Å². The standard InChI is InChI=1S/C17H22N4O/c1-12-13(11-18)7-8-14(19-12)17(22)21-10-4-6-16(21)15-5-3-9-20(15)2/h7-8,15-16H,3-6,9-10H2,1-2H3. The number of rotatable bonds is 2. The summed E-state index contributed by atoms with van der Waals surface area (Å²) < 4.78 is 0. The van der Waals surface area contributed by atoms with E-state index in [2.05, 4.69) is 23.0 Å². The first-order valence-corrected chi connectivity index (χ1v) is 8.01. The van der Waals surface area contributed by atoms with E-state index < -0.39 is 0 Å². The molecule has 3 heterocycles. The minimum atomic E-state index is 0.00962. The number of nitrogens with zero attached hydrogens (tertiary/aromatic N) is 4. The Bertz CT molecular complexity index is 622. The van der Waals surface area contributed by atoms with Crippen LogP contribution in [0.15, 0.2) is 12.1 Å². The second-order valence-electron chi connectivity index (χ2n) is 6.34. The highest BCUT2D eigenvalue weighted by molar-refractivity contribution is 5.93. The van der Waals surface area contributed by atoms with Crippen LogP contribution in [-0.4, -0.2) is 52.9 Å². The largest absolute Gasteiger partial charge is 0.333 e. The molecule has 0 aliphatic carbocycles. The fraction of sp³-hybridized carbons (Fsp3) is 0.588. The van der Waals surface area contributed by atoms with Crippen molar-refractivity contribution in [2.24, 2.45) is 0 Å². The number of carbonyl (C=O) groups is 1. The molecule has 1 aromatic rings. The van der Waals surface area contributed by atoms with Gasteiger partial charge in [-0.2, -0.15) is 5.26 Å². The summed E-state index contributed by atoms with van der Waals surface area (Å²) in [5.41, 5.74) is 1.62. The summed E-state index contributed by atoms with van der Waals surface area (Å²) in [5.74, 6) is 0.00962. The van der Waals surface area contributed by atoms with Crippen LogP contribution in [0.3, 0.4) is 0 Å². The summed E-state index contributed by atoms with van der Waals surface area (Å²) in [5, 5.41) is 8.98. The fourth-order valence-electron chi connectivity index (χ4n) is 3.81. The van der Waals surface area contributed by atoms with Gasteiger partial charge in [-0.25, -0.2) is 4.98 Å². The van der Waals surface area contributed by atoms with Gasteiger partial charge >= 0.3 is 0 Å². The summed E-state index contributed by atoms with van der Waals surface area (Å²) in [6.45, 7) is 3.72. The highest BCUT2D eigenvalue weighted by Gasteiger charge is 2.38. The Morgan fingerprint density at radius 1 is 1.27 bits per heavy atom. The van der Waals surface area contributed by atoms with Crippen LogP contribution in [0.25, 0.3) is 0 Å². The molecule has 116 valence electrons. The number of pyridine rings is 1. The van der Waals surface area contributed by atoms with Crippen molar-refractivity contribution in [3.63, 3.8) is 0 Å². The van der Waals surface area contributed by atoms with Gasteiger partial charge in [0.05, 0.1) is 11.3 Å². The number of nitriles is 1. The van der Waals surface area contributed by atoms with Gasteiger partial charge in [0, 0.05) is 18.6 Å². The number of amides is 1. The zero-order valence-electron chi connectivity index (χ0n) is 13.2. The Hall–Kier alpha value is -1.93. The van der Waals surface area contributed by atoms with E-state index in [4.69, 9.17) is 5.26 Å². The third kappa shape index (κ3) is 2.59. The van der Waals surface area contributed by atoms with Gasteiger partial charge in [-0.05, 0) is 58.3 Å². The van der Waals surface area contributed by atoms with Gasteiger partial charge in [0.2, 0.25) is 0 Å². The van der Waals surface area contributed by atoms with Gasteiger partial charge in [0.25, 0.3) is 5.91 Å². The maximum absolute atomic E-state index is 12.8. The quantitative estimate of drug-likeness (QED) is 0.837. The van der Waals surface area contributed by atoms with Crippen LogP contribution in [-0.2, 0) is 0 Å². The van der Waals surface area contributed by atoms with E-state index in [9.17, 15) is 4.79 Å². The van der Waals surface area contributed by atoms with E-state index in [1.807, 2.05) is 4.90 Å². The lowest BCUT2D eigenvalue weighted by Crippen LogP contribution is -2.47. The van der Waals surface area contributed by atoms with Gasteiger partial charge < -0.3 is 9.80 Å². The van der Waals surface area contributed by atoms with Crippen LogP contribution in [0.1, 0.15) is 47.4 Å². The molecule has 2 aliphatic heterocycles. The lowest BCUT2D eigenvalue weighted by atomic mass is 10.0. The van der Waals surface area contributed by atoms with Crippen LogP contribution in [0.5, 0.6) is 0 Å². The maximum atomic E-state index is 12.8. The summed E-state index contributed by atoms with van der Waals surface area (Å²) in [6.07, 6.45) is 4.53. The van der Waals surface area contributed by atoms with Gasteiger partial charge in [0.15, 0.2) is 0 Å². The molecule has 2 fully saturated rings. The van der Waals surface area contributed by atoms with Crippen molar-refractivity contribution in [2.45, 2.75) is 44.7 Å². The molecule has 1 amide bonds.